The third kappa shape index (κ3) is 4.93. The zero-order valence-corrected chi connectivity index (χ0v) is 19.0. The average Bonchev–Trinajstić information content (AvgIpc) is 3.14. The van der Waals surface area contributed by atoms with Crippen molar-refractivity contribution in [2.75, 3.05) is 44.3 Å². The number of carbonyl (C=O) groups excluding carboxylic acids is 3. The zero-order chi connectivity index (χ0) is 24.2. The van der Waals surface area contributed by atoms with Crippen molar-refractivity contribution in [3.05, 3.63) is 69.2 Å². The van der Waals surface area contributed by atoms with E-state index in [1.54, 1.807) is 30.3 Å². The summed E-state index contributed by atoms with van der Waals surface area (Å²) in [5.74, 6) is -1.49. The third-order valence-electron chi connectivity index (χ3n) is 5.92. The predicted molar refractivity (Wildman–Crippen MR) is 124 cm³/mol. The lowest BCUT2D eigenvalue weighted by molar-refractivity contribution is -0.384. The van der Waals surface area contributed by atoms with Gasteiger partial charge in [0.05, 0.1) is 30.2 Å². The molecular weight excluding hydrogens is 464 g/mol. The van der Waals surface area contributed by atoms with E-state index < -0.39 is 34.4 Å². The molecule has 0 bridgehead atoms. The second-order valence-corrected chi connectivity index (χ2v) is 8.41. The lowest BCUT2D eigenvalue weighted by atomic mass is 10.1. The molecule has 2 aromatic carbocycles. The summed E-state index contributed by atoms with van der Waals surface area (Å²) >= 11 is 5.90. The van der Waals surface area contributed by atoms with Gasteiger partial charge in [-0.3, -0.25) is 29.4 Å². The van der Waals surface area contributed by atoms with Gasteiger partial charge in [-0.2, -0.15) is 0 Å². The van der Waals surface area contributed by atoms with Crippen molar-refractivity contribution in [3.8, 4) is 0 Å². The molecule has 3 amide bonds. The van der Waals surface area contributed by atoms with Gasteiger partial charge in [-0.25, -0.2) is 4.90 Å². The third-order valence-corrected chi connectivity index (χ3v) is 6.24. The summed E-state index contributed by atoms with van der Waals surface area (Å²) in [4.78, 5) is 54.8. The Bertz CT molecular complexity index is 1110. The SMILES string of the molecule is O=C1CC(N(CCN2CCOCC2)C(=O)c2ccc(Cl)c([N+](=O)[O-])c2)C(=O)N1c1ccccc1. The molecule has 0 aromatic heterocycles. The Hall–Kier alpha value is -3.34. The summed E-state index contributed by atoms with van der Waals surface area (Å²) in [6.45, 7) is 3.14. The number of hydrogen-bond acceptors (Lipinski definition) is 7. The van der Waals surface area contributed by atoms with Gasteiger partial charge in [-0.1, -0.05) is 29.8 Å². The summed E-state index contributed by atoms with van der Waals surface area (Å²) in [7, 11) is 0. The Balaban J connectivity index is 1.63. The molecule has 4 rings (SSSR count). The number of nitro groups is 1. The minimum atomic E-state index is -1.02. The number of nitro benzene ring substituents is 1. The van der Waals surface area contributed by atoms with Gasteiger partial charge in [0.2, 0.25) is 5.91 Å². The van der Waals surface area contributed by atoms with Crippen molar-refractivity contribution in [1.82, 2.24) is 9.80 Å². The maximum Gasteiger partial charge on any atom is 0.288 e. The molecule has 0 saturated carbocycles. The second kappa shape index (κ2) is 10.3. The highest BCUT2D eigenvalue weighted by atomic mass is 35.5. The van der Waals surface area contributed by atoms with E-state index in [9.17, 15) is 24.5 Å². The fourth-order valence-corrected chi connectivity index (χ4v) is 4.32. The van der Waals surface area contributed by atoms with Crippen LogP contribution < -0.4 is 4.90 Å². The minimum absolute atomic E-state index is 0.0245. The highest BCUT2D eigenvalue weighted by Gasteiger charge is 2.44. The van der Waals surface area contributed by atoms with E-state index in [4.69, 9.17) is 16.3 Å². The quantitative estimate of drug-likeness (QED) is 0.335. The first-order valence-corrected chi connectivity index (χ1v) is 11.2. The van der Waals surface area contributed by atoms with Crippen LogP contribution in [0.3, 0.4) is 0 Å². The van der Waals surface area contributed by atoms with Crippen molar-refractivity contribution < 1.29 is 24.0 Å². The number of amides is 3. The summed E-state index contributed by atoms with van der Waals surface area (Å²) in [5.41, 5.74) is 0.0552. The molecule has 2 aliphatic heterocycles. The Labute approximate surface area is 200 Å². The number of imide groups is 1. The molecule has 11 heteroatoms. The Morgan fingerprint density at radius 2 is 1.85 bits per heavy atom. The number of anilines is 1. The van der Waals surface area contributed by atoms with Gasteiger partial charge in [-0.15, -0.1) is 0 Å². The van der Waals surface area contributed by atoms with Crippen LogP contribution in [0.2, 0.25) is 5.02 Å². The molecule has 2 fully saturated rings. The van der Waals surface area contributed by atoms with Crippen LogP contribution in [0.25, 0.3) is 0 Å². The summed E-state index contributed by atoms with van der Waals surface area (Å²) in [5, 5.41) is 11.2. The van der Waals surface area contributed by atoms with Gasteiger partial charge in [0.25, 0.3) is 17.5 Å². The first-order chi connectivity index (χ1) is 16.4. The molecule has 178 valence electrons. The average molecular weight is 487 g/mol. The minimum Gasteiger partial charge on any atom is -0.379 e. The van der Waals surface area contributed by atoms with E-state index in [0.29, 0.717) is 38.5 Å². The predicted octanol–water partition coefficient (Wildman–Crippen LogP) is 2.35. The fraction of sp³-hybridized carbons (Fsp3) is 0.348. The van der Waals surface area contributed by atoms with Crippen LogP contribution in [0.5, 0.6) is 0 Å². The number of rotatable bonds is 7. The number of halogens is 1. The van der Waals surface area contributed by atoms with Gasteiger partial charge >= 0.3 is 0 Å². The number of hydrogen-bond donors (Lipinski definition) is 0. The van der Waals surface area contributed by atoms with E-state index in [1.165, 1.54) is 17.0 Å². The molecule has 0 aliphatic carbocycles. The van der Waals surface area contributed by atoms with Gasteiger partial charge in [0, 0.05) is 37.8 Å². The Morgan fingerprint density at radius 1 is 1.15 bits per heavy atom. The van der Waals surface area contributed by atoms with Crippen molar-refractivity contribution >= 4 is 40.7 Å². The maximum absolute atomic E-state index is 13.5. The summed E-state index contributed by atoms with van der Waals surface area (Å²) < 4.78 is 5.36. The molecule has 2 heterocycles. The topological polar surface area (TPSA) is 113 Å². The molecule has 1 atom stereocenters. The van der Waals surface area contributed by atoms with E-state index in [2.05, 4.69) is 4.90 Å². The molecule has 10 nitrogen and oxygen atoms in total. The van der Waals surface area contributed by atoms with Crippen LogP contribution in [-0.2, 0) is 14.3 Å². The van der Waals surface area contributed by atoms with Crippen molar-refractivity contribution in [2.24, 2.45) is 0 Å². The summed E-state index contributed by atoms with van der Waals surface area (Å²) in [6, 6.07) is 11.3. The number of ether oxygens (including phenoxy) is 1. The van der Waals surface area contributed by atoms with Crippen LogP contribution in [0.1, 0.15) is 16.8 Å². The molecule has 0 spiro atoms. The molecule has 2 aliphatic rings. The Morgan fingerprint density at radius 3 is 2.53 bits per heavy atom. The first-order valence-electron chi connectivity index (χ1n) is 10.8. The number of para-hydroxylation sites is 1. The molecule has 1 unspecified atom stereocenters. The monoisotopic (exact) mass is 486 g/mol. The normalized spacial score (nSPS) is 18.9. The number of nitrogens with zero attached hydrogens (tertiary/aromatic N) is 4. The van der Waals surface area contributed by atoms with Crippen molar-refractivity contribution in [2.45, 2.75) is 12.5 Å². The smallest absolute Gasteiger partial charge is 0.288 e. The largest absolute Gasteiger partial charge is 0.379 e. The van der Waals surface area contributed by atoms with Gasteiger partial charge < -0.3 is 9.64 Å². The van der Waals surface area contributed by atoms with Crippen LogP contribution in [0.15, 0.2) is 48.5 Å². The lowest BCUT2D eigenvalue weighted by Gasteiger charge is -2.32. The lowest BCUT2D eigenvalue weighted by Crippen LogP contribution is -2.49. The molecule has 0 radical (unpaired) electrons. The number of morpholine rings is 1. The van der Waals surface area contributed by atoms with Gasteiger partial charge in [0.15, 0.2) is 0 Å². The molecule has 0 N–H and O–H groups in total. The van der Waals surface area contributed by atoms with E-state index in [0.717, 1.165) is 11.0 Å². The van der Waals surface area contributed by atoms with Crippen molar-refractivity contribution in [3.63, 3.8) is 0 Å². The maximum atomic E-state index is 13.5. The van der Waals surface area contributed by atoms with Gasteiger partial charge in [0.1, 0.15) is 11.1 Å². The summed E-state index contributed by atoms with van der Waals surface area (Å²) in [6.07, 6.45) is -0.168. The second-order valence-electron chi connectivity index (χ2n) is 8.00. The van der Waals surface area contributed by atoms with E-state index >= 15 is 0 Å². The van der Waals surface area contributed by atoms with Crippen LogP contribution >= 0.6 is 11.6 Å². The van der Waals surface area contributed by atoms with Crippen LogP contribution in [-0.4, -0.2) is 77.9 Å². The first kappa shape index (κ1) is 23.8. The molecule has 2 aromatic rings. The van der Waals surface area contributed by atoms with Crippen molar-refractivity contribution in [1.29, 1.82) is 0 Å². The Kier molecular flexibility index (Phi) is 7.20. The zero-order valence-electron chi connectivity index (χ0n) is 18.3. The van der Waals surface area contributed by atoms with Gasteiger partial charge in [-0.05, 0) is 24.3 Å². The van der Waals surface area contributed by atoms with E-state index in [1.807, 2.05) is 0 Å². The highest BCUT2D eigenvalue weighted by Crippen LogP contribution is 2.29. The highest BCUT2D eigenvalue weighted by molar-refractivity contribution is 6.32. The van der Waals surface area contributed by atoms with Crippen LogP contribution in [0, 0.1) is 10.1 Å². The molecule has 2 saturated heterocycles. The van der Waals surface area contributed by atoms with Crippen LogP contribution in [0.4, 0.5) is 11.4 Å². The molecule has 34 heavy (non-hydrogen) atoms. The standard InChI is InChI=1S/C23H23ClN4O6/c24-18-7-6-16(14-19(18)28(32)33)22(30)26(9-8-25-10-12-34-13-11-25)20-15-21(29)27(23(20)31)17-4-2-1-3-5-17/h1-7,14,20H,8-13,15H2. The molecular formula is C23H23ClN4O6. The fourth-order valence-electron chi connectivity index (χ4n) is 4.13. The number of carbonyl (C=O) groups is 3. The van der Waals surface area contributed by atoms with E-state index in [-0.39, 0.29) is 23.6 Å². The number of benzene rings is 2.